The second-order valence-electron chi connectivity index (χ2n) is 21.0. The van der Waals surface area contributed by atoms with Crippen LogP contribution in [0.1, 0.15) is 116 Å². The molecule has 7 aliphatic rings. The van der Waals surface area contributed by atoms with Gasteiger partial charge in [0.1, 0.15) is 11.6 Å². The molecule has 1 aliphatic heterocycles. The first-order valence-electron chi connectivity index (χ1n) is 22.5. The fourth-order valence-corrected chi connectivity index (χ4v) is 13.5. The van der Waals surface area contributed by atoms with Gasteiger partial charge in [0.2, 0.25) is 11.8 Å². The van der Waals surface area contributed by atoms with E-state index in [0.717, 1.165) is 55.2 Å². The standard InChI is InChI=1S/C47H62N3O12P/c1-43(2,3)61-39(55)13-12-34(50-38(54)24-48)41(56)49-30-21-46(22-30)19-27(20-46)16-26-6-8-28(9-7-26)42-60-37-18-33-32-11-10-29-17-31(51)14-15-44(29,4)40(32)35(52)23-45(33,5)47(37,62-42)36(53)25-59-63(57)58/h6-9,14-15,17,27,30,32-35,37,40,42,52H,10-13,16,18-25,48H2,1-5H3,(H,49,56)(H,50,54)/t27?,30?,32-,33-,34-,35-,37+,40+,42+,44-,45-,46?,47+/m0/s1. The number of Topliss-reactive ketones (excluding diaryl/α,β-unsaturated/α-hetero) is 1. The molecule has 0 radical (unpaired) electrons. The molecule has 0 aromatic heterocycles. The Hall–Kier alpha value is -3.69. The number of hydrogen-bond acceptors (Lipinski definition) is 13. The Morgan fingerprint density at radius 2 is 1.79 bits per heavy atom. The number of aliphatic hydroxyl groups is 1. The predicted octanol–water partition coefficient (Wildman–Crippen LogP) is 4.11. The van der Waals surface area contributed by atoms with Gasteiger partial charge in [-0.2, -0.15) is 0 Å². The Labute approximate surface area is 369 Å². The number of benzene rings is 1. The first kappa shape index (κ1) is 45.9. The third-order valence-electron chi connectivity index (χ3n) is 15.8. The van der Waals surface area contributed by atoms with Crippen molar-refractivity contribution in [2.75, 3.05) is 13.2 Å². The summed E-state index contributed by atoms with van der Waals surface area (Å²) in [6.45, 7) is 8.43. The highest BCUT2D eigenvalue weighted by atomic mass is 31.1. The molecule has 1 heterocycles. The molecular formula is C47H62N3O12P. The zero-order valence-corrected chi connectivity index (χ0v) is 37.8. The number of carbonyl (C=O) groups excluding carboxylic acids is 5. The lowest BCUT2D eigenvalue weighted by Crippen LogP contribution is -2.63. The Morgan fingerprint density at radius 3 is 2.46 bits per heavy atom. The van der Waals surface area contributed by atoms with Crippen LogP contribution < -0.4 is 21.3 Å². The van der Waals surface area contributed by atoms with Crippen LogP contribution in [0.15, 0.2) is 48.1 Å². The van der Waals surface area contributed by atoms with Crippen LogP contribution in [0.2, 0.25) is 0 Å². The fraction of sp³-hybridized carbons (Fsp3) is 0.681. The molecule has 6 fully saturated rings. The summed E-state index contributed by atoms with van der Waals surface area (Å²) in [5.74, 6) is -1.56. The third kappa shape index (κ3) is 8.52. The highest BCUT2D eigenvalue weighted by molar-refractivity contribution is 7.30. The highest BCUT2D eigenvalue weighted by Gasteiger charge is 2.76. The molecular weight excluding hydrogens is 830 g/mol. The van der Waals surface area contributed by atoms with E-state index in [1.807, 2.05) is 37.3 Å². The molecule has 342 valence electrons. The summed E-state index contributed by atoms with van der Waals surface area (Å²) in [5, 5.41) is 17.7. The summed E-state index contributed by atoms with van der Waals surface area (Å²) in [5.41, 5.74) is 4.97. The van der Waals surface area contributed by atoms with Crippen molar-refractivity contribution < 1.29 is 57.3 Å². The molecule has 11 atom stereocenters. The van der Waals surface area contributed by atoms with Crippen molar-refractivity contribution in [1.29, 1.82) is 0 Å². The molecule has 1 spiro atoms. The lowest BCUT2D eigenvalue weighted by Gasteiger charge is -2.59. The number of amides is 2. The van der Waals surface area contributed by atoms with Crippen molar-refractivity contribution in [2.45, 2.75) is 147 Å². The molecule has 16 heteroatoms. The molecule has 1 aromatic carbocycles. The largest absolute Gasteiger partial charge is 0.566 e. The van der Waals surface area contributed by atoms with E-state index in [1.165, 1.54) is 0 Å². The Kier molecular flexibility index (Phi) is 12.3. The van der Waals surface area contributed by atoms with Crippen LogP contribution in [0.25, 0.3) is 0 Å². The zero-order valence-electron chi connectivity index (χ0n) is 36.9. The van der Waals surface area contributed by atoms with Gasteiger partial charge in [0.25, 0.3) is 0 Å². The smallest absolute Gasteiger partial charge is 0.488 e. The molecule has 5 N–H and O–H groups in total. The number of nitrogens with two attached hydrogens (primary N) is 1. The van der Waals surface area contributed by atoms with E-state index in [1.54, 1.807) is 32.9 Å². The Morgan fingerprint density at radius 1 is 1.08 bits per heavy atom. The van der Waals surface area contributed by atoms with Crippen LogP contribution in [0.3, 0.4) is 0 Å². The van der Waals surface area contributed by atoms with Crippen LogP contribution in [0.4, 0.5) is 0 Å². The number of nitrogens with one attached hydrogen (secondary N) is 2. The van der Waals surface area contributed by atoms with Crippen molar-refractivity contribution in [3.8, 4) is 0 Å². The molecule has 1 aromatic rings. The topological polar surface area (TPSA) is 233 Å². The predicted molar refractivity (Wildman–Crippen MR) is 226 cm³/mol. The van der Waals surface area contributed by atoms with E-state index in [-0.39, 0.29) is 66.7 Å². The van der Waals surface area contributed by atoms with Crippen molar-refractivity contribution in [3.63, 3.8) is 0 Å². The van der Waals surface area contributed by atoms with Crippen molar-refractivity contribution in [1.82, 2.24) is 10.6 Å². The highest BCUT2D eigenvalue weighted by Crippen LogP contribution is 2.70. The SMILES string of the molecule is CC(C)(C)OC(=O)CC[C@H](NC(=O)CN)C(=O)NC1CC2(CC(Cc3ccc([C@@H]4O[C@@H]5C[C@H]6[C@@H]7CCC8=CC(=O)C=C[C@]8(C)[C@H]7[C@@H](O)C[C@]6(C)[C@]5(C(=O)CO[P+](=O)[O-])O4)cc3)C2)C1. The van der Waals surface area contributed by atoms with Crippen LogP contribution in [0.5, 0.6) is 0 Å². The molecule has 0 bridgehead atoms. The summed E-state index contributed by atoms with van der Waals surface area (Å²) in [6.07, 6.45) is 9.75. The second kappa shape index (κ2) is 16.9. The monoisotopic (exact) mass is 891 g/mol. The first-order valence-corrected chi connectivity index (χ1v) is 23.6. The Bertz CT molecular complexity index is 2090. The van der Waals surface area contributed by atoms with E-state index >= 15 is 0 Å². The van der Waals surface area contributed by atoms with Gasteiger partial charge in [-0.25, -0.2) is 0 Å². The van der Waals surface area contributed by atoms with E-state index < -0.39 is 79.1 Å². The van der Waals surface area contributed by atoms with Gasteiger partial charge in [0.15, 0.2) is 30.1 Å². The maximum atomic E-state index is 14.3. The number of carbonyl (C=O) groups is 5. The van der Waals surface area contributed by atoms with Crippen molar-refractivity contribution in [3.05, 3.63) is 59.2 Å². The number of fused-ring (bicyclic) bond motifs is 7. The number of hydrogen-bond donors (Lipinski definition) is 4. The quantitative estimate of drug-likeness (QED) is 0.152. The summed E-state index contributed by atoms with van der Waals surface area (Å²) >= 11 is 0. The maximum absolute atomic E-state index is 14.3. The van der Waals surface area contributed by atoms with Gasteiger partial charge in [-0.15, -0.1) is 4.52 Å². The number of aliphatic hydroxyl groups excluding tert-OH is 1. The van der Waals surface area contributed by atoms with Gasteiger partial charge in [0.05, 0.1) is 18.8 Å². The molecule has 2 amide bonds. The van der Waals surface area contributed by atoms with Gasteiger partial charge >= 0.3 is 14.2 Å². The van der Waals surface area contributed by atoms with Crippen molar-refractivity contribution in [2.24, 2.45) is 45.7 Å². The number of esters is 1. The summed E-state index contributed by atoms with van der Waals surface area (Å²) in [6, 6.07) is 7.10. The van der Waals surface area contributed by atoms with E-state index in [4.69, 9.17) is 24.5 Å². The van der Waals surface area contributed by atoms with E-state index in [0.29, 0.717) is 18.8 Å². The average Bonchev–Trinajstić information content (AvgIpc) is 3.69. The molecule has 1 saturated heterocycles. The number of ether oxygens (including phenoxy) is 3. The third-order valence-corrected chi connectivity index (χ3v) is 16.1. The van der Waals surface area contributed by atoms with E-state index in [9.17, 15) is 38.5 Å². The van der Waals surface area contributed by atoms with Crippen molar-refractivity contribution >= 4 is 37.6 Å². The minimum atomic E-state index is -3.28. The van der Waals surface area contributed by atoms with Crippen LogP contribution in [0, 0.1) is 39.9 Å². The fourth-order valence-electron chi connectivity index (χ4n) is 13.3. The summed E-state index contributed by atoms with van der Waals surface area (Å²) in [4.78, 5) is 75.8. The number of rotatable bonds is 14. The number of ketones is 2. The molecule has 15 nitrogen and oxygen atoms in total. The molecule has 5 saturated carbocycles. The van der Waals surface area contributed by atoms with Crippen LogP contribution in [-0.4, -0.2) is 83.1 Å². The van der Waals surface area contributed by atoms with Crippen LogP contribution >= 0.6 is 8.25 Å². The van der Waals surface area contributed by atoms with Gasteiger partial charge in [-0.05, 0) is 130 Å². The van der Waals surface area contributed by atoms with E-state index in [2.05, 4.69) is 17.6 Å². The molecule has 1 unspecified atom stereocenters. The van der Waals surface area contributed by atoms with Gasteiger partial charge in [0, 0.05) is 34.8 Å². The van der Waals surface area contributed by atoms with Crippen LogP contribution in [-0.2, 0) is 53.7 Å². The lowest BCUT2D eigenvalue weighted by atomic mass is 9.46. The minimum Gasteiger partial charge on any atom is -0.566 e. The second-order valence-corrected chi connectivity index (χ2v) is 21.7. The minimum absolute atomic E-state index is 0.0107. The van der Waals surface area contributed by atoms with Gasteiger partial charge in [-0.3, -0.25) is 24.0 Å². The Balaban J connectivity index is 0.877. The first-order chi connectivity index (χ1) is 29.7. The van der Waals surface area contributed by atoms with Gasteiger partial charge in [-0.1, -0.05) is 49.8 Å². The summed E-state index contributed by atoms with van der Waals surface area (Å²) in [7, 11) is -3.28. The zero-order chi connectivity index (χ0) is 45.3. The van der Waals surface area contributed by atoms with Gasteiger partial charge < -0.3 is 40.6 Å². The molecule has 6 aliphatic carbocycles. The average molecular weight is 892 g/mol. The molecule has 8 rings (SSSR count). The molecule has 63 heavy (non-hydrogen) atoms. The lowest BCUT2D eigenvalue weighted by molar-refractivity contribution is -0.204. The normalized spacial score (nSPS) is 38.1. The number of allylic oxidation sites excluding steroid dienone is 4. The maximum Gasteiger partial charge on any atom is 0.488 e. The summed E-state index contributed by atoms with van der Waals surface area (Å²) < 4.78 is 35.3.